The number of hydrogen-bond donors (Lipinski definition) is 1. The first-order valence-electron chi connectivity index (χ1n) is 6.85. The van der Waals surface area contributed by atoms with Crippen molar-refractivity contribution in [2.75, 3.05) is 24.7 Å². The predicted molar refractivity (Wildman–Crippen MR) is 90.6 cm³/mol. The van der Waals surface area contributed by atoms with Crippen molar-refractivity contribution in [1.82, 2.24) is 9.97 Å². The summed E-state index contributed by atoms with van der Waals surface area (Å²) in [6.07, 6.45) is 2.26. The SMILES string of the molecule is C=Cc1c(N)nc(-c2ccc(Cl)c(N(C)C)c2F)nc1CC. The first-order valence-corrected chi connectivity index (χ1v) is 7.23. The van der Waals surface area contributed by atoms with Crippen LogP contribution in [0, 0.1) is 5.82 Å². The summed E-state index contributed by atoms with van der Waals surface area (Å²) < 4.78 is 14.8. The van der Waals surface area contributed by atoms with Crippen LogP contribution in [0.3, 0.4) is 0 Å². The van der Waals surface area contributed by atoms with Gasteiger partial charge in [0, 0.05) is 19.7 Å². The summed E-state index contributed by atoms with van der Waals surface area (Å²) >= 11 is 6.06. The summed E-state index contributed by atoms with van der Waals surface area (Å²) in [7, 11) is 3.45. The lowest BCUT2D eigenvalue weighted by Gasteiger charge is -2.17. The van der Waals surface area contributed by atoms with Crippen LogP contribution in [0.4, 0.5) is 15.9 Å². The van der Waals surface area contributed by atoms with E-state index in [1.54, 1.807) is 37.2 Å². The Morgan fingerprint density at radius 2 is 2.05 bits per heavy atom. The van der Waals surface area contributed by atoms with Gasteiger partial charge in [-0.3, -0.25) is 0 Å². The topological polar surface area (TPSA) is 55.0 Å². The molecule has 0 radical (unpaired) electrons. The maximum Gasteiger partial charge on any atom is 0.164 e. The second-order valence-corrected chi connectivity index (χ2v) is 5.41. The van der Waals surface area contributed by atoms with Crippen molar-refractivity contribution in [1.29, 1.82) is 0 Å². The second-order valence-electron chi connectivity index (χ2n) is 5.00. The molecule has 2 N–H and O–H groups in total. The van der Waals surface area contributed by atoms with Crippen molar-refractivity contribution >= 4 is 29.2 Å². The van der Waals surface area contributed by atoms with Crippen LogP contribution < -0.4 is 10.6 Å². The van der Waals surface area contributed by atoms with Gasteiger partial charge < -0.3 is 10.6 Å². The summed E-state index contributed by atoms with van der Waals surface area (Å²) in [6.45, 7) is 5.66. The molecule has 2 rings (SSSR count). The number of benzene rings is 1. The molecule has 0 spiro atoms. The fraction of sp³-hybridized carbons (Fsp3) is 0.250. The van der Waals surface area contributed by atoms with Crippen LogP contribution in [0.5, 0.6) is 0 Å². The number of nitrogens with zero attached hydrogens (tertiary/aromatic N) is 3. The molecule has 2 aromatic rings. The molecule has 0 fully saturated rings. The van der Waals surface area contributed by atoms with Crippen molar-refractivity contribution in [3.05, 3.63) is 40.8 Å². The molecule has 116 valence electrons. The number of halogens is 2. The van der Waals surface area contributed by atoms with Crippen LogP contribution in [0.2, 0.25) is 5.02 Å². The second kappa shape index (κ2) is 6.32. The average molecular weight is 321 g/mol. The number of hydrogen-bond acceptors (Lipinski definition) is 4. The van der Waals surface area contributed by atoms with E-state index in [0.717, 1.165) is 5.69 Å². The molecule has 0 saturated carbocycles. The minimum Gasteiger partial charge on any atom is -0.383 e. The Bertz CT molecular complexity index is 729. The van der Waals surface area contributed by atoms with E-state index in [0.29, 0.717) is 22.7 Å². The van der Waals surface area contributed by atoms with Gasteiger partial charge in [-0.1, -0.05) is 31.2 Å². The van der Waals surface area contributed by atoms with Crippen molar-refractivity contribution in [2.24, 2.45) is 0 Å². The van der Waals surface area contributed by atoms with Crippen molar-refractivity contribution in [2.45, 2.75) is 13.3 Å². The Hall–Kier alpha value is -2.14. The summed E-state index contributed by atoms with van der Waals surface area (Å²) in [4.78, 5) is 10.2. The van der Waals surface area contributed by atoms with Crippen LogP contribution in [0.15, 0.2) is 18.7 Å². The van der Waals surface area contributed by atoms with Gasteiger partial charge in [-0.2, -0.15) is 0 Å². The minimum atomic E-state index is -0.467. The zero-order valence-corrected chi connectivity index (χ0v) is 13.6. The molecule has 0 bridgehead atoms. The zero-order valence-electron chi connectivity index (χ0n) is 12.8. The van der Waals surface area contributed by atoms with Gasteiger partial charge in [0.05, 0.1) is 22.0 Å². The van der Waals surface area contributed by atoms with E-state index in [2.05, 4.69) is 16.5 Å². The first kappa shape index (κ1) is 16.2. The summed E-state index contributed by atoms with van der Waals surface area (Å²) in [5, 5.41) is 0.331. The molecular formula is C16H18ClFN4. The molecule has 0 aliphatic rings. The Labute approximate surface area is 134 Å². The summed E-state index contributed by atoms with van der Waals surface area (Å²) in [5.41, 5.74) is 7.93. The van der Waals surface area contributed by atoms with E-state index in [1.165, 1.54) is 0 Å². The lowest BCUT2D eigenvalue weighted by Crippen LogP contribution is -2.12. The molecule has 0 aliphatic heterocycles. The molecule has 0 amide bonds. The maximum atomic E-state index is 14.8. The highest BCUT2D eigenvalue weighted by atomic mass is 35.5. The number of aromatic nitrogens is 2. The fourth-order valence-corrected chi connectivity index (χ4v) is 2.59. The first-order chi connectivity index (χ1) is 10.4. The van der Waals surface area contributed by atoms with Crippen LogP contribution in [-0.2, 0) is 6.42 Å². The number of aryl methyl sites for hydroxylation is 1. The molecule has 0 aliphatic carbocycles. The number of nitrogens with two attached hydrogens (primary N) is 1. The van der Waals surface area contributed by atoms with Gasteiger partial charge in [0.1, 0.15) is 5.82 Å². The Kier molecular flexibility index (Phi) is 4.66. The third-order valence-corrected chi connectivity index (χ3v) is 3.65. The molecular weight excluding hydrogens is 303 g/mol. The van der Waals surface area contributed by atoms with Gasteiger partial charge >= 0.3 is 0 Å². The van der Waals surface area contributed by atoms with Crippen LogP contribution in [0.1, 0.15) is 18.2 Å². The van der Waals surface area contributed by atoms with E-state index in [4.69, 9.17) is 17.3 Å². The molecule has 4 nitrogen and oxygen atoms in total. The lowest BCUT2D eigenvalue weighted by atomic mass is 10.1. The Morgan fingerprint density at radius 1 is 1.36 bits per heavy atom. The van der Waals surface area contributed by atoms with Crippen molar-refractivity contribution < 1.29 is 4.39 Å². The number of nitrogen functional groups attached to an aromatic ring is 1. The quantitative estimate of drug-likeness (QED) is 0.931. The van der Waals surface area contributed by atoms with Crippen molar-refractivity contribution in [3.8, 4) is 11.4 Å². The largest absolute Gasteiger partial charge is 0.383 e. The van der Waals surface area contributed by atoms with Gasteiger partial charge in [-0.05, 0) is 18.6 Å². The fourth-order valence-electron chi connectivity index (χ4n) is 2.27. The normalized spacial score (nSPS) is 10.6. The zero-order chi connectivity index (χ0) is 16.4. The van der Waals surface area contributed by atoms with E-state index < -0.39 is 5.82 Å². The van der Waals surface area contributed by atoms with E-state index in [-0.39, 0.29) is 17.2 Å². The molecule has 0 unspecified atom stereocenters. The standard InChI is InChI=1S/C16H18ClFN4/c1-5-9-12(6-2)20-16(21-15(9)19)10-7-8-11(17)14(13(10)18)22(3)4/h5,7-8H,1,6H2,2-4H3,(H2,19,20,21). The molecule has 1 aromatic heterocycles. The molecule has 1 aromatic carbocycles. The summed E-state index contributed by atoms with van der Waals surface area (Å²) in [5.74, 6) is 0.0696. The Morgan fingerprint density at radius 3 is 2.59 bits per heavy atom. The predicted octanol–water partition coefficient (Wildman–Crippen LogP) is 3.79. The molecule has 0 saturated heterocycles. The maximum absolute atomic E-state index is 14.8. The molecule has 0 atom stereocenters. The highest BCUT2D eigenvalue weighted by Crippen LogP contribution is 2.34. The molecule has 1 heterocycles. The van der Waals surface area contributed by atoms with E-state index in [1.807, 2.05) is 6.92 Å². The third-order valence-electron chi connectivity index (χ3n) is 3.35. The third kappa shape index (κ3) is 2.76. The molecule has 6 heteroatoms. The average Bonchev–Trinajstić information content (AvgIpc) is 2.46. The van der Waals surface area contributed by atoms with Crippen LogP contribution >= 0.6 is 11.6 Å². The summed E-state index contributed by atoms with van der Waals surface area (Å²) in [6, 6.07) is 3.19. The van der Waals surface area contributed by atoms with Gasteiger partial charge in [0.15, 0.2) is 11.6 Å². The van der Waals surface area contributed by atoms with Gasteiger partial charge in [0.2, 0.25) is 0 Å². The van der Waals surface area contributed by atoms with Gasteiger partial charge in [-0.25, -0.2) is 14.4 Å². The number of anilines is 2. The van der Waals surface area contributed by atoms with Crippen molar-refractivity contribution in [3.63, 3.8) is 0 Å². The highest BCUT2D eigenvalue weighted by Gasteiger charge is 2.19. The highest BCUT2D eigenvalue weighted by molar-refractivity contribution is 6.33. The number of rotatable bonds is 4. The Balaban J connectivity index is 2.70. The monoisotopic (exact) mass is 320 g/mol. The van der Waals surface area contributed by atoms with Crippen LogP contribution in [-0.4, -0.2) is 24.1 Å². The van der Waals surface area contributed by atoms with E-state index in [9.17, 15) is 4.39 Å². The minimum absolute atomic E-state index is 0.247. The van der Waals surface area contributed by atoms with E-state index >= 15 is 0 Å². The lowest BCUT2D eigenvalue weighted by molar-refractivity contribution is 0.628. The van der Waals surface area contributed by atoms with Gasteiger partial charge in [0.25, 0.3) is 0 Å². The smallest absolute Gasteiger partial charge is 0.164 e. The van der Waals surface area contributed by atoms with Gasteiger partial charge in [-0.15, -0.1) is 0 Å². The molecule has 22 heavy (non-hydrogen) atoms. The van der Waals surface area contributed by atoms with Crippen LogP contribution in [0.25, 0.3) is 17.5 Å².